The topological polar surface area (TPSA) is 133 Å². The lowest BCUT2D eigenvalue weighted by molar-refractivity contribution is -0.137. The van der Waals surface area contributed by atoms with Crippen LogP contribution >= 0.6 is 0 Å². The van der Waals surface area contributed by atoms with E-state index in [-0.39, 0.29) is 37.1 Å². The quantitative estimate of drug-likeness (QED) is 0.333. The van der Waals surface area contributed by atoms with Crippen LogP contribution in [0, 0.1) is 5.41 Å². The van der Waals surface area contributed by atoms with Crippen LogP contribution in [-0.2, 0) is 28.0 Å². The summed E-state index contributed by atoms with van der Waals surface area (Å²) in [6.45, 7) is 9.90. The molecule has 1 aliphatic heterocycles. The molecule has 2 heterocycles. The molecule has 0 fully saturated rings. The van der Waals surface area contributed by atoms with Gasteiger partial charge in [-0.3, -0.25) is 19.8 Å². The number of fused-ring (bicyclic) bond motifs is 1. The van der Waals surface area contributed by atoms with Crippen molar-refractivity contribution in [2.45, 2.75) is 65.8 Å². The number of aromatic nitrogens is 1. The van der Waals surface area contributed by atoms with Gasteiger partial charge in [-0.2, -0.15) is 0 Å². The summed E-state index contributed by atoms with van der Waals surface area (Å²) in [4.78, 5) is 42.5. The Morgan fingerprint density at radius 1 is 1.22 bits per heavy atom. The van der Waals surface area contributed by atoms with Gasteiger partial charge in [0.1, 0.15) is 17.3 Å². The fourth-order valence-electron chi connectivity index (χ4n) is 4.07. The number of ketones is 1. The minimum absolute atomic E-state index is 0.00143. The molecule has 0 saturated heterocycles. The van der Waals surface area contributed by atoms with E-state index in [1.807, 2.05) is 39.8 Å². The lowest BCUT2D eigenvalue weighted by Crippen LogP contribution is -2.31. The first-order valence-corrected chi connectivity index (χ1v) is 12.1. The number of Topliss-reactive ketones (excluding diaryl/α,β-unsaturated/α-hetero) is 1. The van der Waals surface area contributed by atoms with Gasteiger partial charge >= 0.3 is 5.97 Å². The first-order chi connectivity index (χ1) is 16.9. The van der Waals surface area contributed by atoms with Gasteiger partial charge in [-0.1, -0.05) is 33.8 Å². The van der Waals surface area contributed by atoms with Crippen LogP contribution in [0.3, 0.4) is 0 Å². The molecule has 9 nitrogen and oxygen atoms in total. The summed E-state index contributed by atoms with van der Waals surface area (Å²) in [5.41, 5.74) is 3.49. The minimum Gasteiger partial charge on any atom is -0.491 e. The first kappa shape index (κ1) is 26.8. The van der Waals surface area contributed by atoms with Crippen LogP contribution in [-0.4, -0.2) is 51.6 Å². The second-order valence-electron chi connectivity index (χ2n) is 9.97. The average Bonchev–Trinajstić information content (AvgIpc) is 3.10. The molecule has 0 radical (unpaired) electrons. The second-order valence-corrected chi connectivity index (χ2v) is 9.97. The Hall–Kier alpha value is -3.75. The molecular weight excluding hydrogens is 460 g/mol. The number of hydrogen-bond donors (Lipinski definition) is 3. The molecule has 2 aromatic rings. The number of carboxylic acid groups (broad SMARTS) is 1. The molecule has 0 saturated carbocycles. The Morgan fingerprint density at radius 3 is 2.56 bits per heavy atom. The highest BCUT2D eigenvalue weighted by atomic mass is 16.5. The van der Waals surface area contributed by atoms with Crippen LogP contribution in [0.5, 0.6) is 5.75 Å². The molecule has 0 aliphatic carbocycles. The van der Waals surface area contributed by atoms with Gasteiger partial charge in [0.2, 0.25) is 5.91 Å². The van der Waals surface area contributed by atoms with E-state index in [0.29, 0.717) is 35.7 Å². The molecule has 36 heavy (non-hydrogen) atoms. The summed E-state index contributed by atoms with van der Waals surface area (Å²) in [5, 5.41) is 20.2. The first-order valence-electron chi connectivity index (χ1n) is 12.1. The van der Waals surface area contributed by atoms with Crippen molar-refractivity contribution in [3.05, 3.63) is 52.3 Å². The van der Waals surface area contributed by atoms with Gasteiger partial charge in [-0.15, -0.1) is 0 Å². The standard InChI is InChI=1S/C27H34N4O5/c1-6-19-10-9-17-14-31(26(28)24(17)30-19)15-22(33)18-12-20(27(3,4)5)25(21(13-18)29-16(2)32)36-11-7-8-23(34)35/h9-10,12-13,28H,6-8,11,14-15H2,1-5H3,(H,29,32)(H,34,35). The van der Waals surface area contributed by atoms with Gasteiger partial charge in [0.25, 0.3) is 0 Å². The number of aryl methyl sites for hydroxylation is 1. The second kappa shape index (κ2) is 10.9. The van der Waals surface area contributed by atoms with Crippen molar-refractivity contribution in [1.82, 2.24) is 9.88 Å². The van der Waals surface area contributed by atoms with Gasteiger partial charge < -0.3 is 20.1 Å². The molecule has 0 spiro atoms. The Balaban J connectivity index is 1.90. The van der Waals surface area contributed by atoms with Crippen molar-refractivity contribution < 1.29 is 24.2 Å². The number of ether oxygens (including phenoxy) is 1. The van der Waals surface area contributed by atoms with Crippen LogP contribution in [0.1, 0.15) is 80.3 Å². The molecule has 1 amide bonds. The molecule has 0 bridgehead atoms. The number of carbonyl (C=O) groups is 3. The molecule has 1 aliphatic rings. The number of amides is 1. The number of nitrogens with one attached hydrogen (secondary N) is 2. The number of hydrogen-bond acceptors (Lipinski definition) is 6. The Morgan fingerprint density at radius 2 is 1.94 bits per heavy atom. The number of amidine groups is 1. The summed E-state index contributed by atoms with van der Waals surface area (Å²) >= 11 is 0. The monoisotopic (exact) mass is 494 g/mol. The summed E-state index contributed by atoms with van der Waals surface area (Å²) in [7, 11) is 0. The van der Waals surface area contributed by atoms with E-state index in [4.69, 9.17) is 15.3 Å². The van der Waals surface area contributed by atoms with Gasteiger partial charge in [0, 0.05) is 42.3 Å². The lowest BCUT2D eigenvalue weighted by Gasteiger charge is -2.26. The van der Waals surface area contributed by atoms with E-state index in [1.165, 1.54) is 6.92 Å². The fourth-order valence-corrected chi connectivity index (χ4v) is 4.07. The van der Waals surface area contributed by atoms with E-state index in [1.54, 1.807) is 17.0 Å². The number of nitrogens with zero attached hydrogens (tertiary/aromatic N) is 2. The minimum atomic E-state index is -0.909. The van der Waals surface area contributed by atoms with Crippen molar-refractivity contribution in [1.29, 1.82) is 5.41 Å². The Bertz CT molecular complexity index is 1200. The van der Waals surface area contributed by atoms with Crippen molar-refractivity contribution in [2.75, 3.05) is 18.5 Å². The maximum atomic E-state index is 13.4. The van der Waals surface area contributed by atoms with E-state index >= 15 is 0 Å². The zero-order chi connectivity index (χ0) is 26.6. The third-order valence-electron chi connectivity index (χ3n) is 5.95. The van der Waals surface area contributed by atoms with Crippen molar-refractivity contribution in [2.24, 2.45) is 0 Å². The maximum Gasteiger partial charge on any atom is 0.303 e. The third-order valence-corrected chi connectivity index (χ3v) is 5.95. The van der Waals surface area contributed by atoms with Gasteiger partial charge in [-0.25, -0.2) is 4.98 Å². The summed E-state index contributed by atoms with van der Waals surface area (Å²) in [6, 6.07) is 7.26. The lowest BCUT2D eigenvalue weighted by atomic mass is 9.84. The number of anilines is 1. The van der Waals surface area contributed by atoms with Crippen LogP contribution in [0.25, 0.3) is 0 Å². The van der Waals surface area contributed by atoms with Crippen LogP contribution < -0.4 is 10.1 Å². The number of carbonyl (C=O) groups excluding carboxylic acids is 2. The van der Waals surface area contributed by atoms with Crippen molar-refractivity contribution in [3.8, 4) is 5.75 Å². The largest absolute Gasteiger partial charge is 0.491 e. The Kier molecular flexibility index (Phi) is 8.12. The van der Waals surface area contributed by atoms with E-state index in [2.05, 4.69) is 10.3 Å². The molecular formula is C27H34N4O5. The predicted octanol–water partition coefficient (Wildman–Crippen LogP) is 4.17. The summed E-state index contributed by atoms with van der Waals surface area (Å²) < 4.78 is 5.95. The van der Waals surface area contributed by atoms with E-state index in [0.717, 1.165) is 23.2 Å². The molecule has 192 valence electrons. The summed E-state index contributed by atoms with van der Waals surface area (Å²) in [6.07, 6.45) is 1.05. The van der Waals surface area contributed by atoms with Gasteiger partial charge in [-0.05, 0) is 36.5 Å². The van der Waals surface area contributed by atoms with E-state index in [9.17, 15) is 14.4 Å². The highest BCUT2D eigenvalue weighted by Crippen LogP contribution is 2.39. The Labute approximate surface area is 211 Å². The molecule has 0 unspecified atom stereocenters. The highest BCUT2D eigenvalue weighted by molar-refractivity contribution is 6.05. The number of rotatable bonds is 10. The smallest absolute Gasteiger partial charge is 0.303 e. The van der Waals surface area contributed by atoms with Crippen LogP contribution in [0.4, 0.5) is 5.69 Å². The van der Waals surface area contributed by atoms with E-state index < -0.39 is 11.4 Å². The SMILES string of the molecule is CCc1ccc2c(n1)C(=N)N(CC(=O)c1cc(NC(C)=O)c(OCCCC(=O)O)c(C(C)(C)C)c1)C2. The molecule has 1 aromatic heterocycles. The molecule has 1 aromatic carbocycles. The molecule has 0 atom stereocenters. The predicted molar refractivity (Wildman–Crippen MR) is 137 cm³/mol. The molecule has 3 rings (SSSR count). The zero-order valence-corrected chi connectivity index (χ0v) is 21.5. The number of pyridine rings is 1. The van der Waals surface area contributed by atoms with Crippen LogP contribution in [0.15, 0.2) is 24.3 Å². The van der Waals surface area contributed by atoms with Gasteiger partial charge in [0.15, 0.2) is 5.78 Å². The third kappa shape index (κ3) is 6.27. The fraction of sp³-hybridized carbons (Fsp3) is 0.444. The van der Waals surface area contributed by atoms with Crippen molar-refractivity contribution in [3.63, 3.8) is 0 Å². The highest BCUT2D eigenvalue weighted by Gasteiger charge is 2.29. The van der Waals surface area contributed by atoms with Crippen LogP contribution in [0.2, 0.25) is 0 Å². The maximum absolute atomic E-state index is 13.4. The van der Waals surface area contributed by atoms with Crippen molar-refractivity contribution >= 4 is 29.2 Å². The normalized spacial score (nSPS) is 12.9. The van der Waals surface area contributed by atoms with Gasteiger partial charge in [0.05, 0.1) is 18.8 Å². The summed E-state index contributed by atoms with van der Waals surface area (Å²) in [5.74, 6) is -0.766. The number of aliphatic carboxylic acids is 1. The number of carboxylic acids is 1. The number of benzene rings is 1. The zero-order valence-electron chi connectivity index (χ0n) is 21.5. The molecule has 3 N–H and O–H groups in total. The molecule has 9 heteroatoms. The average molecular weight is 495 g/mol.